The molecular weight excluding hydrogens is 364 g/mol. The highest BCUT2D eigenvalue weighted by Crippen LogP contribution is 2.17. The summed E-state index contributed by atoms with van der Waals surface area (Å²) in [5.74, 6) is 0. The Bertz CT molecular complexity index is 618. The highest BCUT2D eigenvalue weighted by Gasteiger charge is 2.10. The lowest BCUT2D eigenvalue weighted by Gasteiger charge is -2.12. The van der Waals surface area contributed by atoms with Crippen LogP contribution in [0.2, 0.25) is 0 Å². The van der Waals surface area contributed by atoms with E-state index in [0.29, 0.717) is 21.5 Å². The van der Waals surface area contributed by atoms with Crippen molar-refractivity contribution in [3.63, 3.8) is 0 Å². The van der Waals surface area contributed by atoms with Crippen molar-refractivity contribution < 1.29 is 0 Å². The molecule has 0 saturated heterocycles. The average Bonchev–Trinajstić information content (AvgIpc) is 2.78. The molecule has 5 nitrogen and oxygen atoms in total. The molecule has 0 bridgehead atoms. The lowest BCUT2D eigenvalue weighted by Crippen LogP contribution is -2.25. The fraction of sp³-hybridized carbons (Fsp3) is 0.364. The number of rotatable bonds is 3. The SMILES string of the molecule is CC(C)n1cncc1Cn1ncc(Br)c(Br)c1=O. The second-order valence-electron chi connectivity index (χ2n) is 4.16. The van der Waals surface area contributed by atoms with Gasteiger partial charge >= 0.3 is 0 Å². The minimum Gasteiger partial charge on any atom is -0.330 e. The molecule has 0 fully saturated rings. The summed E-state index contributed by atoms with van der Waals surface area (Å²) in [4.78, 5) is 16.1. The van der Waals surface area contributed by atoms with Gasteiger partial charge in [-0.1, -0.05) is 0 Å². The van der Waals surface area contributed by atoms with Gasteiger partial charge in [0.15, 0.2) is 0 Å². The molecule has 2 aromatic heterocycles. The van der Waals surface area contributed by atoms with Gasteiger partial charge in [0.25, 0.3) is 5.56 Å². The van der Waals surface area contributed by atoms with Gasteiger partial charge in [0.1, 0.15) is 4.47 Å². The Morgan fingerprint density at radius 3 is 2.72 bits per heavy atom. The van der Waals surface area contributed by atoms with Crippen LogP contribution in [0.4, 0.5) is 0 Å². The quantitative estimate of drug-likeness (QED) is 0.828. The van der Waals surface area contributed by atoms with Gasteiger partial charge in [-0.15, -0.1) is 0 Å². The highest BCUT2D eigenvalue weighted by molar-refractivity contribution is 9.13. The van der Waals surface area contributed by atoms with Crippen LogP contribution in [0.25, 0.3) is 0 Å². The third kappa shape index (κ3) is 2.56. The summed E-state index contributed by atoms with van der Waals surface area (Å²) in [6.45, 7) is 4.54. The van der Waals surface area contributed by atoms with Gasteiger partial charge in [0.2, 0.25) is 0 Å². The van der Waals surface area contributed by atoms with Crippen molar-refractivity contribution in [2.75, 3.05) is 0 Å². The molecule has 0 aliphatic carbocycles. The molecule has 96 valence electrons. The summed E-state index contributed by atoms with van der Waals surface area (Å²) in [5.41, 5.74) is 0.787. The van der Waals surface area contributed by atoms with Crippen LogP contribution in [-0.4, -0.2) is 19.3 Å². The molecule has 0 N–H and O–H groups in total. The Kier molecular flexibility index (Phi) is 4.01. The molecule has 0 spiro atoms. The van der Waals surface area contributed by atoms with Crippen LogP contribution in [0.3, 0.4) is 0 Å². The highest BCUT2D eigenvalue weighted by atomic mass is 79.9. The molecule has 0 saturated carbocycles. The summed E-state index contributed by atoms with van der Waals surface area (Å²) < 4.78 is 4.56. The monoisotopic (exact) mass is 374 g/mol. The maximum absolute atomic E-state index is 12.0. The number of aromatic nitrogens is 4. The van der Waals surface area contributed by atoms with Crippen LogP contribution in [0.1, 0.15) is 25.6 Å². The normalized spacial score (nSPS) is 11.2. The van der Waals surface area contributed by atoms with Crippen LogP contribution < -0.4 is 5.56 Å². The van der Waals surface area contributed by atoms with Gasteiger partial charge in [-0.05, 0) is 45.7 Å². The van der Waals surface area contributed by atoms with Crippen LogP contribution in [0, 0.1) is 0 Å². The first-order chi connectivity index (χ1) is 8.50. The van der Waals surface area contributed by atoms with Crippen LogP contribution in [-0.2, 0) is 6.54 Å². The van der Waals surface area contributed by atoms with Crippen molar-refractivity contribution in [2.24, 2.45) is 0 Å². The predicted octanol–water partition coefficient (Wildman–Crippen LogP) is 2.59. The Balaban J connectivity index is 2.38. The van der Waals surface area contributed by atoms with Crippen molar-refractivity contribution in [1.29, 1.82) is 0 Å². The smallest absolute Gasteiger partial charge is 0.282 e. The number of halogens is 2. The molecule has 0 atom stereocenters. The zero-order valence-electron chi connectivity index (χ0n) is 9.97. The summed E-state index contributed by atoms with van der Waals surface area (Å²) in [5, 5.41) is 4.10. The third-order valence-corrected chi connectivity index (χ3v) is 4.46. The largest absolute Gasteiger partial charge is 0.330 e. The Hall–Kier alpha value is -0.950. The maximum atomic E-state index is 12.0. The van der Waals surface area contributed by atoms with Gasteiger partial charge < -0.3 is 4.57 Å². The van der Waals surface area contributed by atoms with Crippen molar-refractivity contribution in [3.8, 4) is 0 Å². The Morgan fingerprint density at radius 2 is 2.06 bits per heavy atom. The van der Waals surface area contributed by atoms with E-state index in [0.717, 1.165) is 5.69 Å². The van der Waals surface area contributed by atoms with Gasteiger partial charge in [-0.3, -0.25) is 4.79 Å². The summed E-state index contributed by atoms with van der Waals surface area (Å²) in [6, 6.07) is 0.303. The molecule has 2 heterocycles. The van der Waals surface area contributed by atoms with E-state index in [4.69, 9.17) is 0 Å². The molecule has 0 aliphatic rings. The molecule has 0 aromatic carbocycles. The van der Waals surface area contributed by atoms with Gasteiger partial charge in [0, 0.05) is 6.04 Å². The molecule has 7 heteroatoms. The molecule has 2 aromatic rings. The molecule has 0 amide bonds. The zero-order chi connectivity index (χ0) is 13.3. The predicted molar refractivity (Wildman–Crippen MR) is 75.6 cm³/mol. The van der Waals surface area contributed by atoms with Crippen molar-refractivity contribution in [2.45, 2.75) is 26.4 Å². The zero-order valence-corrected chi connectivity index (χ0v) is 13.1. The van der Waals surface area contributed by atoms with E-state index in [2.05, 4.69) is 55.8 Å². The number of nitrogens with zero attached hydrogens (tertiary/aromatic N) is 4. The molecule has 2 rings (SSSR count). The lowest BCUT2D eigenvalue weighted by molar-refractivity contribution is 0.536. The number of hydrogen-bond donors (Lipinski definition) is 0. The van der Waals surface area contributed by atoms with Gasteiger partial charge in [0.05, 0.1) is 35.4 Å². The average molecular weight is 376 g/mol. The van der Waals surface area contributed by atoms with Gasteiger partial charge in [-0.2, -0.15) is 5.10 Å². The first kappa shape index (κ1) is 13.5. The number of imidazole rings is 1. The third-order valence-electron chi connectivity index (χ3n) is 2.56. The first-order valence-corrected chi connectivity index (χ1v) is 7.01. The summed E-state index contributed by atoms with van der Waals surface area (Å²) in [6.07, 6.45) is 5.12. The van der Waals surface area contributed by atoms with E-state index < -0.39 is 0 Å². The Labute approximate surface area is 121 Å². The van der Waals surface area contributed by atoms with E-state index in [1.807, 2.05) is 4.57 Å². The fourth-order valence-corrected chi connectivity index (χ4v) is 2.20. The fourth-order valence-electron chi connectivity index (χ4n) is 1.63. The topological polar surface area (TPSA) is 52.7 Å². The van der Waals surface area contributed by atoms with Crippen molar-refractivity contribution in [1.82, 2.24) is 19.3 Å². The Morgan fingerprint density at radius 1 is 1.33 bits per heavy atom. The molecular formula is C11H12Br2N4O. The first-order valence-electron chi connectivity index (χ1n) is 5.42. The molecule has 18 heavy (non-hydrogen) atoms. The van der Waals surface area contributed by atoms with Crippen molar-refractivity contribution in [3.05, 3.63) is 43.7 Å². The van der Waals surface area contributed by atoms with E-state index in [-0.39, 0.29) is 5.56 Å². The standard InChI is InChI=1S/C11H12Br2N4O/c1-7(2)16-6-14-3-8(16)5-17-11(18)10(13)9(12)4-15-17/h3-4,6-7H,5H2,1-2H3. The second kappa shape index (κ2) is 5.36. The lowest BCUT2D eigenvalue weighted by atomic mass is 10.3. The maximum Gasteiger partial charge on any atom is 0.282 e. The number of hydrogen-bond acceptors (Lipinski definition) is 3. The van der Waals surface area contributed by atoms with E-state index >= 15 is 0 Å². The van der Waals surface area contributed by atoms with E-state index in [1.54, 1.807) is 18.7 Å². The van der Waals surface area contributed by atoms with Crippen molar-refractivity contribution >= 4 is 31.9 Å². The molecule has 0 radical (unpaired) electrons. The van der Waals surface area contributed by atoms with Crippen LogP contribution in [0.15, 0.2) is 32.5 Å². The summed E-state index contributed by atoms with van der Waals surface area (Å²) in [7, 11) is 0. The van der Waals surface area contributed by atoms with Crippen LogP contribution >= 0.6 is 31.9 Å². The second-order valence-corrected chi connectivity index (χ2v) is 5.80. The van der Waals surface area contributed by atoms with Gasteiger partial charge in [-0.25, -0.2) is 9.67 Å². The van der Waals surface area contributed by atoms with Crippen LogP contribution in [0.5, 0.6) is 0 Å². The molecule has 0 unspecified atom stereocenters. The minimum atomic E-state index is -0.166. The molecule has 0 aliphatic heterocycles. The minimum absolute atomic E-state index is 0.166. The van der Waals surface area contributed by atoms with E-state index in [9.17, 15) is 4.79 Å². The summed E-state index contributed by atoms with van der Waals surface area (Å²) >= 11 is 6.49. The van der Waals surface area contributed by atoms with E-state index in [1.165, 1.54) is 4.68 Å².